The Morgan fingerprint density at radius 3 is 1.39 bits per heavy atom. The lowest BCUT2D eigenvalue weighted by molar-refractivity contribution is 0.353. The van der Waals surface area contributed by atoms with Crippen LogP contribution in [-0.2, 0) is 10.8 Å². The highest BCUT2D eigenvalue weighted by Gasteiger charge is 2.52. The van der Waals surface area contributed by atoms with Gasteiger partial charge in [-0.05, 0) is 181 Å². The van der Waals surface area contributed by atoms with E-state index in [4.69, 9.17) is 0 Å². The first kappa shape index (κ1) is 42.3. The predicted octanol–water partition coefficient (Wildman–Crippen LogP) is 20.2. The molecule has 0 atom stereocenters. The van der Waals surface area contributed by atoms with Crippen LogP contribution in [0.2, 0.25) is 0 Å². The molecule has 1 nitrogen and oxygen atoms in total. The van der Waals surface area contributed by atoms with Gasteiger partial charge in [0.25, 0.3) is 0 Å². The molecule has 0 aromatic heterocycles. The van der Waals surface area contributed by atoms with E-state index in [-0.39, 0.29) is 5.41 Å². The maximum Gasteiger partial charge on any atom is 0.0726 e. The lowest BCUT2D eigenvalue weighted by Crippen LogP contribution is -2.28. The number of fused-ring (bicyclic) bond motifs is 24. The van der Waals surface area contributed by atoms with Gasteiger partial charge >= 0.3 is 0 Å². The monoisotopic (exact) mass is 965 g/mol. The summed E-state index contributed by atoms with van der Waals surface area (Å²) in [5.74, 6) is 0. The maximum atomic E-state index is 2.64. The largest absolute Gasteiger partial charge is 0.310 e. The molecule has 0 aliphatic heterocycles. The van der Waals surface area contributed by atoms with Gasteiger partial charge in [0.2, 0.25) is 0 Å². The van der Waals surface area contributed by atoms with Gasteiger partial charge in [-0.1, -0.05) is 226 Å². The van der Waals surface area contributed by atoms with Gasteiger partial charge in [0.1, 0.15) is 0 Å². The molecule has 4 aliphatic rings. The van der Waals surface area contributed by atoms with Crippen molar-refractivity contribution in [2.75, 3.05) is 4.90 Å². The average Bonchev–Trinajstić information content (AvgIpc) is 4.19. The molecule has 2 spiro atoms. The molecule has 1 fully saturated rings. The van der Waals surface area contributed by atoms with E-state index in [0.29, 0.717) is 0 Å². The van der Waals surface area contributed by atoms with Gasteiger partial charge in [-0.15, -0.1) is 0 Å². The fraction of sp³-hybridized carbons (Fsp3) is 0.0933. The Hall–Kier alpha value is -9.04. The molecular formula is C75H51N. The third-order valence-electron chi connectivity index (χ3n) is 18.6. The summed E-state index contributed by atoms with van der Waals surface area (Å²) in [6.07, 6.45) is 6.23. The minimum Gasteiger partial charge on any atom is -0.310 e. The smallest absolute Gasteiger partial charge is 0.0726 e. The lowest BCUT2D eigenvalue weighted by atomic mass is 9.68. The van der Waals surface area contributed by atoms with Crippen LogP contribution < -0.4 is 4.90 Å². The first-order valence-electron chi connectivity index (χ1n) is 27.4. The summed E-state index contributed by atoms with van der Waals surface area (Å²) in [7, 11) is 0. The van der Waals surface area contributed by atoms with Crippen LogP contribution in [0.15, 0.2) is 249 Å². The van der Waals surface area contributed by atoms with E-state index in [9.17, 15) is 0 Å². The zero-order valence-corrected chi connectivity index (χ0v) is 42.2. The zero-order valence-electron chi connectivity index (χ0n) is 42.2. The van der Waals surface area contributed by atoms with Crippen LogP contribution in [0, 0.1) is 0 Å². The Balaban J connectivity index is 1.01. The molecule has 76 heavy (non-hydrogen) atoms. The van der Waals surface area contributed by atoms with Crippen LogP contribution in [0.3, 0.4) is 0 Å². The predicted molar refractivity (Wildman–Crippen MR) is 320 cm³/mol. The van der Waals surface area contributed by atoms with Gasteiger partial charge in [0.15, 0.2) is 0 Å². The highest BCUT2D eigenvalue weighted by atomic mass is 15.1. The molecule has 4 aliphatic carbocycles. The minimum absolute atomic E-state index is 0.0475. The van der Waals surface area contributed by atoms with Crippen molar-refractivity contribution < 1.29 is 0 Å². The second-order valence-corrected chi connectivity index (χ2v) is 22.1. The highest BCUT2D eigenvalue weighted by molar-refractivity contribution is 6.26. The SMILES string of the molecule is c1ccc2c(c1)-c1cc(N(c3ccc4c5ccccc5c5ccccc5c4c3)c3cc4c(cc3-c3ccc5c(ccc6ccccc65)c3)-c3ccccc3C43c4ccccc4-c4ccccc43)ccc1C21CCCCC1. The van der Waals surface area contributed by atoms with Crippen molar-refractivity contribution in [3.8, 4) is 44.5 Å². The number of anilines is 3. The average molecular weight is 966 g/mol. The lowest BCUT2D eigenvalue weighted by Gasteiger charge is -2.36. The molecule has 0 N–H and O–H groups in total. The topological polar surface area (TPSA) is 3.24 Å². The molecule has 13 aromatic rings. The second kappa shape index (κ2) is 15.7. The van der Waals surface area contributed by atoms with Crippen LogP contribution in [0.5, 0.6) is 0 Å². The van der Waals surface area contributed by atoms with Crippen molar-refractivity contribution >= 4 is 70.9 Å². The van der Waals surface area contributed by atoms with Gasteiger partial charge in [-0.2, -0.15) is 0 Å². The van der Waals surface area contributed by atoms with E-state index in [1.807, 2.05) is 0 Å². The second-order valence-electron chi connectivity index (χ2n) is 22.1. The first-order chi connectivity index (χ1) is 37.7. The highest BCUT2D eigenvalue weighted by Crippen LogP contribution is 2.65. The van der Waals surface area contributed by atoms with Crippen LogP contribution in [0.1, 0.15) is 65.5 Å². The summed E-state index contributed by atoms with van der Waals surface area (Å²) in [5, 5.41) is 12.7. The molecule has 0 radical (unpaired) electrons. The molecule has 0 heterocycles. The molecule has 13 aromatic carbocycles. The number of hydrogen-bond acceptors (Lipinski definition) is 1. The molecule has 0 saturated heterocycles. The summed E-state index contributed by atoms with van der Waals surface area (Å²) < 4.78 is 0. The molecule has 0 unspecified atom stereocenters. The number of hydrogen-bond donors (Lipinski definition) is 0. The Morgan fingerprint density at radius 1 is 0.263 bits per heavy atom. The van der Waals surface area contributed by atoms with Crippen LogP contribution in [0.25, 0.3) is 98.4 Å². The fourth-order valence-corrected chi connectivity index (χ4v) is 15.5. The van der Waals surface area contributed by atoms with Gasteiger partial charge in [-0.3, -0.25) is 0 Å². The van der Waals surface area contributed by atoms with Crippen molar-refractivity contribution in [3.05, 3.63) is 282 Å². The first-order valence-corrected chi connectivity index (χ1v) is 27.4. The van der Waals surface area contributed by atoms with E-state index in [0.717, 1.165) is 17.1 Å². The third-order valence-corrected chi connectivity index (χ3v) is 18.6. The van der Waals surface area contributed by atoms with Gasteiger partial charge in [0.05, 0.1) is 11.1 Å². The molecule has 0 bridgehead atoms. The van der Waals surface area contributed by atoms with Gasteiger partial charge < -0.3 is 4.90 Å². The quantitative estimate of drug-likeness (QED) is 0.159. The third kappa shape index (κ3) is 5.59. The molecule has 0 amide bonds. The Kier molecular flexibility index (Phi) is 8.77. The molecule has 1 heteroatoms. The van der Waals surface area contributed by atoms with Crippen molar-refractivity contribution in [2.24, 2.45) is 0 Å². The summed E-state index contributed by atoms with van der Waals surface area (Å²) >= 11 is 0. The number of rotatable bonds is 4. The van der Waals surface area contributed by atoms with Crippen molar-refractivity contribution in [1.29, 1.82) is 0 Å². The molecule has 17 rings (SSSR count). The Labute approximate surface area is 443 Å². The number of benzene rings is 13. The van der Waals surface area contributed by atoms with Crippen LogP contribution in [-0.4, -0.2) is 0 Å². The van der Waals surface area contributed by atoms with Crippen molar-refractivity contribution in [1.82, 2.24) is 0 Å². The summed E-state index contributed by atoms with van der Waals surface area (Å²) in [6, 6.07) is 95.7. The summed E-state index contributed by atoms with van der Waals surface area (Å²) in [6.45, 7) is 0. The van der Waals surface area contributed by atoms with Crippen molar-refractivity contribution in [3.63, 3.8) is 0 Å². The van der Waals surface area contributed by atoms with E-state index < -0.39 is 5.41 Å². The van der Waals surface area contributed by atoms with Crippen molar-refractivity contribution in [2.45, 2.75) is 42.9 Å². The zero-order chi connectivity index (χ0) is 49.7. The van der Waals surface area contributed by atoms with Crippen LogP contribution >= 0.6 is 0 Å². The maximum absolute atomic E-state index is 2.64. The van der Waals surface area contributed by atoms with E-state index >= 15 is 0 Å². The minimum atomic E-state index is -0.525. The summed E-state index contributed by atoms with van der Waals surface area (Å²) in [5.41, 5.74) is 21.7. The molecule has 1 saturated carbocycles. The van der Waals surface area contributed by atoms with Gasteiger partial charge in [-0.25, -0.2) is 0 Å². The van der Waals surface area contributed by atoms with E-state index in [1.165, 1.54) is 164 Å². The number of nitrogens with zero attached hydrogens (tertiary/aromatic N) is 1. The Bertz CT molecular complexity index is 4560. The normalized spacial score (nSPS) is 15.1. The molecular weight excluding hydrogens is 915 g/mol. The fourth-order valence-electron chi connectivity index (χ4n) is 15.5. The summed E-state index contributed by atoms with van der Waals surface area (Å²) in [4.78, 5) is 2.64. The van der Waals surface area contributed by atoms with E-state index in [1.54, 1.807) is 0 Å². The standard InChI is InChI=1S/C75H51N/c1-16-40-74(41-17-1)67-28-12-8-26-61(67)65-44-51(36-39-68(65)74)76(50-35-38-58-56-22-5-4-20-54(56)55-21-6-7-23-57(55)64(58)43-50)73-46-72-66(45-63(73)49-34-37-53-48(42-49)33-32-47-18-2-3-19-52(47)53)62-27-11-15-31-71(62)75(72)69-29-13-9-24-59(69)60-25-10-14-30-70(60)75/h2-15,18-39,42-46H,1,16-17,40-41H2. The Morgan fingerprint density at radius 2 is 0.724 bits per heavy atom. The van der Waals surface area contributed by atoms with Crippen LogP contribution in [0.4, 0.5) is 17.1 Å². The van der Waals surface area contributed by atoms with E-state index in [2.05, 4.69) is 254 Å². The van der Waals surface area contributed by atoms with Gasteiger partial charge in [0, 0.05) is 22.4 Å². The molecule has 356 valence electrons.